The third kappa shape index (κ3) is 2.51. The number of likely N-dealkylation sites (tertiary alicyclic amines) is 1. The van der Waals surface area contributed by atoms with Crippen molar-refractivity contribution in [1.82, 2.24) is 9.88 Å². The summed E-state index contributed by atoms with van der Waals surface area (Å²) in [5, 5.41) is 2.21. The first-order valence-corrected chi connectivity index (χ1v) is 7.48. The van der Waals surface area contributed by atoms with E-state index in [0.29, 0.717) is 16.2 Å². The smallest absolute Gasteiger partial charge is 0.273 e. The summed E-state index contributed by atoms with van der Waals surface area (Å²) in [5.41, 5.74) is 6.51. The molecule has 2 heterocycles. The SMILES string of the molecule is CCC1(CC)CCN(C(=O)c2csc(N)n2)CC1. The maximum atomic E-state index is 12.2. The maximum absolute atomic E-state index is 12.2. The molecule has 1 aliphatic heterocycles. The number of nitrogen functional groups attached to an aromatic ring is 1. The van der Waals surface area contributed by atoms with Crippen molar-refractivity contribution in [2.24, 2.45) is 5.41 Å². The van der Waals surface area contributed by atoms with E-state index in [9.17, 15) is 4.79 Å². The van der Waals surface area contributed by atoms with Gasteiger partial charge in [-0.25, -0.2) is 4.98 Å². The molecule has 1 saturated heterocycles. The molecule has 2 rings (SSSR count). The molecule has 0 radical (unpaired) electrons. The highest BCUT2D eigenvalue weighted by atomic mass is 32.1. The van der Waals surface area contributed by atoms with Crippen LogP contribution in [0.4, 0.5) is 5.13 Å². The molecular formula is C13H21N3OS. The molecule has 0 spiro atoms. The number of hydrogen-bond acceptors (Lipinski definition) is 4. The number of rotatable bonds is 3. The van der Waals surface area contributed by atoms with E-state index in [-0.39, 0.29) is 5.91 Å². The Balaban J connectivity index is 1.99. The molecule has 0 aromatic carbocycles. The fourth-order valence-electron chi connectivity index (χ4n) is 2.69. The molecule has 0 aliphatic carbocycles. The van der Waals surface area contributed by atoms with Gasteiger partial charge in [0.1, 0.15) is 5.69 Å². The predicted molar refractivity (Wildman–Crippen MR) is 74.7 cm³/mol. The molecule has 0 saturated carbocycles. The topological polar surface area (TPSA) is 59.2 Å². The van der Waals surface area contributed by atoms with Gasteiger partial charge in [-0.3, -0.25) is 4.79 Å². The number of piperidine rings is 1. The lowest BCUT2D eigenvalue weighted by Crippen LogP contribution is -2.42. The molecule has 1 aliphatic rings. The van der Waals surface area contributed by atoms with Crippen LogP contribution in [0.15, 0.2) is 5.38 Å². The predicted octanol–water partition coefficient (Wildman–Crippen LogP) is 2.77. The molecule has 1 amide bonds. The minimum absolute atomic E-state index is 0.0313. The van der Waals surface area contributed by atoms with Crippen LogP contribution in [-0.4, -0.2) is 28.9 Å². The second-order valence-corrected chi connectivity index (χ2v) is 5.96. The van der Waals surface area contributed by atoms with Crippen LogP contribution in [0, 0.1) is 5.41 Å². The second kappa shape index (κ2) is 5.26. The number of nitrogens with zero attached hydrogens (tertiary/aromatic N) is 2. The van der Waals surface area contributed by atoms with Crippen LogP contribution in [0.2, 0.25) is 0 Å². The molecule has 1 aromatic rings. The van der Waals surface area contributed by atoms with Gasteiger partial charge < -0.3 is 10.6 Å². The summed E-state index contributed by atoms with van der Waals surface area (Å²) < 4.78 is 0. The Kier molecular flexibility index (Phi) is 3.90. The normalized spacial score (nSPS) is 18.9. The van der Waals surface area contributed by atoms with Crippen LogP contribution < -0.4 is 5.73 Å². The number of nitrogens with two attached hydrogens (primary N) is 1. The number of hydrogen-bond donors (Lipinski definition) is 1. The molecule has 18 heavy (non-hydrogen) atoms. The van der Waals surface area contributed by atoms with Gasteiger partial charge in [0.25, 0.3) is 5.91 Å². The van der Waals surface area contributed by atoms with Gasteiger partial charge in [0.15, 0.2) is 5.13 Å². The Bertz CT molecular complexity index is 416. The van der Waals surface area contributed by atoms with E-state index >= 15 is 0 Å². The Morgan fingerprint density at radius 3 is 2.50 bits per heavy atom. The quantitative estimate of drug-likeness (QED) is 0.916. The first-order chi connectivity index (χ1) is 8.60. The molecule has 1 fully saturated rings. The van der Waals surface area contributed by atoms with Crippen LogP contribution in [0.5, 0.6) is 0 Å². The molecular weight excluding hydrogens is 246 g/mol. The highest BCUT2D eigenvalue weighted by Gasteiger charge is 2.33. The average molecular weight is 267 g/mol. The molecule has 0 bridgehead atoms. The summed E-state index contributed by atoms with van der Waals surface area (Å²) in [5.74, 6) is 0.0313. The Morgan fingerprint density at radius 1 is 1.44 bits per heavy atom. The molecule has 100 valence electrons. The minimum Gasteiger partial charge on any atom is -0.375 e. The molecule has 1 aromatic heterocycles. The van der Waals surface area contributed by atoms with Crippen molar-refractivity contribution in [2.45, 2.75) is 39.5 Å². The van der Waals surface area contributed by atoms with Gasteiger partial charge in [-0.2, -0.15) is 0 Å². The standard InChI is InChI=1S/C13H21N3OS/c1-3-13(4-2)5-7-16(8-6-13)11(17)10-9-18-12(14)15-10/h9H,3-8H2,1-2H3,(H2,14,15). The monoisotopic (exact) mass is 267 g/mol. The fraction of sp³-hybridized carbons (Fsp3) is 0.692. The van der Waals surface area contributed by atoms with Crippen molar-refractivity contribution in [3.63, 3.8) is 0 Å². The summed E-state index contributed by atoms with van der Waals surface area (Å²) in [4.78, 5) is 18.2. The van der Waals surface area contributed by atoms with E-state index in [0.717, 1.165) is 25.9 Å². The van der Waals surface area contributed by atoms with E-state index in [1.165, 1.54) is 24.2 Å². The van der Waals surface area contributed by atoms with Crippen molar-refractivity contribution in [1.29, 1.82) is 0 Å². The number of thiazole rings is 1. The van der Waals surface area contributed by atoms with E-state index < -0.39 is 0 Å². The Hall–Kier alpha value is -1.10. The van der Waals surface area contributed by atoms with Crippen molar-refractivity contribution in [3.05, 3.63) is 11.1 Å². The highest BCUT2D eigenvalue weighted by Crippen LogP contribution is 2.38. The highest BCUT2D eigenvalue weighted by molar-refractivity contribution is 7.13. The van der Waals surface area contributed by atoms with E-state index in [2.05, 4.69) is 18.8 Å². The van der Waals surface area contributed by atoms with Crippen molar-refractivity contribution in [2.75, 3.05) is 18.8 Å². The molecule has 0 atom stereocenters. The molecule has 4 nitrogen and oxygen atoms in total. The van der Waals surface area contributed by atoms with Crippen LogP contribution in [0.3, 0.4) is 0 Å². The number of carbonyl (C=O) groups excluding carboxylic acids is 1. The lowest BCUT2D eigenvalue weighted by atomic mass is 9.74. The lowest BCUT2D eigenvalue weighted by molar-refractivity contribution is 0.0553. The van der Waals surface area contributed by atoms with Crippen LogP contribution in [-0.2, 0) is 0 Å². The minimum atomic E-state index is 0.0313. The van der Waals surface area contributed by atoms with Gasteiger partial charge in [-0.15, -0.1) is 11.3 Å². The zero-order valence-electron chi connectivity index (χ0n) is 11.1. The first kappa shape index (κ1) is 13.3. The third-order valence-corrected chi connectivity index (χ3v) is 5.03. The Labute approximate surface area is 112 Å². The Morgan fingerprint density at radius 2 is 2.06 bits per heavy atom. The fourth-order valence-corrected chi connectivity index (χ4v) is 3.23. The third-order valence-electron chi connectivity index (χ3n) is 4.35. The van der Waals surface area contributed by atoms with Gasteiger partial charge >= 0.3 is 0 Å². The van der Waals surface area contributed by atoms with E-state index in [4.69, 9.17) is 5.73 Å². The number of anilines is 1. The van der Waals surface area contributed by atoms with Gasteiger partial charge in [0.05, 0.1) is 0 Å². The largest absolute Gasteiger partial charge is 0.375 e. The summed E-state index contributed by atoms with van der Waals surface area (Å²) in [6, 6.07) is 0. The van der Waals surface area contributed by atoms with Crippen LogP contribution in [0.1, 0.15) is 50.0 Å². The number of amides is 1. The summed E-state index contributed by atoms with van der Waals surface area (Å²) in [6.45, 7) is 6.19. The van der Waals surface area contributed by atoms with Crippen molar-refractivity contribution < 1.29 is 4.79 Å². The van der Waals surface area contributed by atoms with Gasteiger partial charge in [-0.1, -0.05) is 26.7 Å². The second-order valence-electron chi connectivity index (χ2n) is 5.07. The summed E-state index contributed by atoms with van der Waals surface area (Å²) in [7, 11) is 0. The summed E-state index contributed by atoms with van der Waals surface area (Å²) >= 11 is 1.32. The van der Waals surface area contributed by atoms with Gasteiger partial charge in [-0.05, 0) is 18.3 Å². The van der Waals surface area contributed by atoms with Crippen molar-refractivity contribution >= 4 is 22.4 Å². The average Bonchev–Trinajstić information content (AvgIpc) is 2.85. The lowest BCUT2D eigenvalue weighted by Gasteiger charge is -2.40. The van der Waals surface area contributed by atoms with E-state index in [1.807, 2.05) is 4.90 Å². The van der Waals surface area contributed by atoms with Gasteiger partial charge in [0.2, 0.25) is 0 Å². The van der Waals surface area contributed by atoms with Crippen LogP contribution >= 0.6 is 11.3 Å². The molecule has 5 heteroatoms. The van der Waals surface area contributed by atoms with E-state index in [1.54, 1.807) is 5.38 Å². The first-order valence-electron chi connectivity index (χ1n) is 6.60. The van der Waals surface area contributed by atoms with Gasteiger partial charge in [0, 0.05) is 18.5 Å². The number of aromatic nitrogens is 1. The number of carbonyl (C=O) groups is 1. The van der Waals surface area contributed by atoms with Crippen molar-refractivity contribution in [3.8, 4) is 0 Å². The molecule has 2 N–H and O–H groups in total. The van der Waals surface area contributed by atoms with Crippen LogP contribution in [0.25, 0.3) is 0 Å². The summed E-state index contributed by atoms with van der Waals surface area (Å²) in [6.07, 6.45) is 4.61. The molecule has 0 unspecified atom stereocenters. The zero-order chi connectivity index (χ0) is 13.2. The maximum Gasteiger partial charge on any atom is 0.273 e. The zero-order valence-corrected chi connectivity index (χ0v) is 11.9.